The zero-order valence-corrected chi connectivity index (χ0v) is 11.4. The van der Waals surface area contributed by atoms with Crippen LogP contribution in [0.2, 0.25) is 0 Å². The Kier molecular flexibility index (Phi) is 4.26. The fraction of sp³-hybridized carbons (Fsp3) is 0.167. The number of amides is 1. The van der Waals surface area contributed by atoms with E-state index in [4.69, 9.17) is 5.11 Å². The number of para-hydroxylation sites is 1. The molecule has 0 unspecified atom stereocenters. The molecule has 0 saturated heterocycles. The summed E-state index contributed by atoms with van der Waals surface area (Å²) in [5, 5.41) is 23.4. The van der Waals surface area contributed by atoms with Gasteiger partial charge in [-0.1, -0.05) is 23.5 Å². The summed E-state index contributed by atoms with van der Waals surface area (Å²) in [6, 6.07) is 6.61. The zero-order valence-electron chi connectivity index (χ0n) is 10.6. The van der Waals surface area contributed by atoms with Crippen molar-refractivity contribution in [3.8, 4) is 0 Å². The van der Waals surface area contributed by atoms with Gasteiger partial charge in [-0.05, 0) is 12.1 Å². The smallest absolute Gasteiger partial charge is 0.337 e. The number of aromatic carboxylic acids is 1. The number of benzene rings is 1. The lowest BCUT2D eigenvalue weighted by Crippen LogP contribution is -2.05. The number of aromatic nitrogens is 2. The van der Waals surface area contributed by atoms with E-state index in [1.807, 2.05) is 0 Å². The van der Waals surface area contributed by atoms with Crippen LogP contribution in [0, 0.1) is 0 Å². The van der Waals surface area contributed by atoms with Gasteiger partial charge in [0, 0.05) is 12.6 Å². The number of nitrogens with zero attached hydrogens (tertiary/aromatic N) is 2. The molecule has 20 heavy (non-hydrogen) atoms. The summed E-state index contributed by atoms with van der Waals surface area (Å²) in [5.41, 5.74) is 0.704. The minimum absolute atomic E-state index is 0.194. The summed E-state index contributed by atoms with van der Waals surface area (Å²) in [6.45, 7) is 1.73. The summed E-state index contributed by atoms with van der Waals surface area (Å²) < 4.78 is 0. The van der Waals surface area contributed by atoms with Crippen LogP contribution in [0.25, 0.3) is 0 Å². The first-order chi connectivity index (χ1) is 9.56. The van der Waals surface area contributed by atoms with Crippen LogP contribution in [0.4, 0.5) is 10.8 Å². The monoisotopic (exact) mass is 292 g/mol. The third kappa shape index (κ3) is 3.51. The molecule has 0 spiro atoms. The maximum absolute atomic E-state index is 11.0. The number of hydrogen-bond donors (Lipinski definition) is 3. The number of rotatable bonds is 5. The summed E-state index contributed by atoms with van der Waals surface area (Å²) in [7, 11) is 0. The quantitative estimate of drug-likeness (QED) is 0.776. The van der Waals surface area contributed by atoms with E-state index in [0.29, 0.717) is 22.4 Å². The SMILES string of the molecule is CC(=O)Nc1nnc(CNc2ccccc2C(=O)O)s1. The largest absolute Gasteiger partial charge is 0.478 e. The molecule has 1 heterocycles. The second kappa shape index (κ2) is 6.11. The van der Waals surface area contributed by atoms with Gasteiger partial charge in [0.15, 0.2) is 0 Å². The average molecular weight is 292 g/mol. The average Bonchev–Trinajstić information content (AvgIpc) is 2.83. The fourth-order valence-electron chi connectivity index (χ4n) is 1.52. The molecule has 8 heteroatoms. The summed E-state index contributed by atoms with van der Waals surface area (Å²) in [4.78, 5) is 21.9. The molecule has 1 aromatic heterocycles. The lowest BCUT2D eigenvalue weighted by Gasteiger charge is -2.07. The highest BCUT2D eigenvalue weighted by Gasteiger charge is 2.10. The predicted molar refractivity (Wildman–Crippen MR) is 74.9 cm³/mol. The second-order valence-electron chi connectivity index (χ2n) is 3.89. The summed E-state index contributed by atoms with van der Waals surface area (Å²) >= 11 is 1.23. The van der Waals surface area contributed by atoms with Gasteiger partial charge in [0.1, 0.15) is 5.01 Å². The Balaban J connectivity index is 2.04. The van der Waals surface area contributed by atoms with E-state index in [1.54, 1.807) is 18.2 Å². The molecule has 0 aliphatic rings. The Morgan fingerprint density at radius 3 is 2.75 bits per heavy atom. The van der Waals surface area contributed by atoms with Crippen LogP contribution in [0.3, 0.4) is 0 Å². The number of anilines is 2. The van der Waals surface area contributed by atoms with Crippen molar-refractivity contribution in [2.75, 3.05) is 10.6 Å². The standard InChI is InChI=1S/C12H12N4O3S/c1-7(17)14-12-16-15-10(20-12)6-13-9-5-3-2-4-8(9)11(18)19/h2-5,13H,6H2,1H3,(H,18,19)(H,14,16,17). The van der Waals surface area contributed by atoms with Crippen LogP contribution in [0.15, 0.2) is 24.3 Å². The highest BCUT2D eigenvalue weighted by atomic mass is 32.1. The van der Waals surface area contributed by atoms with Crippen LogP contribution in [-0.2, 0) is 11.3 Å². The number of nitrogens with one attached hydrogen (secondary N) is 2. The van der Waals surface area contributed by atoms with E-state index in [1.165, 1.54) is 24.3 Å². The molecule has 1 amide bonds. The van der Waals surface area contributed by atoms with Crippen molar-refractivity contribution in [3.05, 3.63) is 34.8 Å². The number of carboxylic acid groups (broad SMARTS) is 1. The number of carboxylic acids is 1. The molecule has 0 aliphatic heterocycles. The lowest BCUT2D eigenvalue weighted by atomic mass is 10.2. The molecule has 2 aromatic rings. The van der Waals surface area contributed by atoms with E-state index in [2.05, 4.69) is 20.8 Å². The molecular weight excluding hydrogens is 280 g/mol. The van der Waals surface area contributed by atoms with Gasteiger partial charge >= 0.3 is 5.97 Å². The Morgan fingerprint density at radius 2 is 2.05 bits per heavy atom. The van der Waals surface area contributed by atoms with E-state index < -0.39 is 5.97 Å². The molecule has 2 rings (SSSR count). The molecule has 1 aromatic carbocycles. The molecular formula is C12H12N4O3S. The first kappa shape index (κ1) is 13.9. The van der Waals surface area contributed by atoms with Crippen molar-refractivity contribution in [2.45, 2.75) is 13.5 Å². The number of carbonyl (C=O) groups is 2. The molecule has 0 fully saturated rings. The van der Waals surface area contributed by atoms with Gasteiger partial charge in [0.05, 0.1) is 12.1 Å². The van der Waals surface area contributed by atoms with Crippen molar-refractivity contribution < 1.29 is 14.7 Å². The second-order valence-corrected chi connectivity index (χ2v) is 4.95. The third-order valence-electron chi connectivity index (χ3n) is 2.34. The molecule has 0 atom stereocenters. The fourth-order valence-corrected chi connectivity index (χ4v) is 2.25. The maximum Gasteiger partial charge on any atom is 0.337 e. The van der Waals surface area contributed by atoms with Gasteiger partial charge < -0.3 is 15.7 Å². The lowest BCUT2D eigenvalue weighted by molar-refractivity contribution is -0.114. The van der Waals surface area contributed by atoms with Crippen LogP contribution in [0.1, 0.15) is 22.3 Å². The molecule has 7 nitrogen and oxygen atoms in total. The minimum Gasteiger partial charge on any atom is -0.478 e. The molecule has 3 N–H and O–H groups in total. The van der Waals surface area contributed by atoms with Crippen molar-refractivity contribution in [2.24, 2.45) is 0 Å². The zero-order chi connectivity index (χ0) is 14.5. The van der Waals surface area contributed by atoms with Gasteiger partial charge in [-0.3, -0.25) is 4.79 Å². The Bertz CT molecular complexity index is 641. The highest BCUT2D eigenvalue weighted by molar-refractivity contribution is 7.15. The maximum atomic E-state index is 11.0. The normalized spacial score (nSPS) is 10.1. The third-order valence-corrected chi connectivity index (χ3v) is 3.18. The first-order valence-corrected chi connectivity index (χ1v) is 6.54. The van der Waals surface area contributed by atoms with Gasteiger partial charge in [-0.25, -0.2) is 4.79 Å². The molecule has 0 bridgehead atoms. The molecule has 0 aliphatic carbocycles. The van der Waals surface area contributed by atoms with Crippen molar-refractivity contribution in [1.29, 1.82) is 0 Å². The Labute approximate surface area is 118 Å². The van der Waals surface area contributed by atoms with Gasteiger partial charge in [0.25, 0.3) is 0 Å². The molecule has 0 radical (unpaired) electrons. The minimum atomic E-state index is -0.996. The predicted octanol–water partition coefficient (Wildman–Crippen LogP) is 1.81. The highest BCUT2D eigenvalue weighted by Crippen LogP contribution is 2.19. The van der Waals surface area contributed by atoms with E-state index in [9.17, 15) is 9.59 Å². The van der Waals surface area contributed by atoms with Crippen LogP contribution in [-0.4, -0.2) is 27.2 Å². The summed E-state index contributed by atoms with van der Waals surface area (Å²) in [5.74, 6) is -1.21. The van der Waals surface area contributed by atoms with Crippen LogP contribution >= 0.6 is 11.3 Å². The van der Waals surface area contributed by atoms with Crippen molar-refractivity contribution >= 4 is 34.0 Å². The van der Waals surface area contributed by atoms with E-state index in [0.717, 1.165) is 0 Å². The number of hydrogen-bond acceptors (Lipinski definition) is 6. The number of carbonyl (C=O) groups excluding carboxylic acids is 1. The topological polar surface area (TPSA) is 104 Å². The van der Waals surface area contributed by atoms with Gasteiger partial charge in [-0.15, -0.1) is 10.2 Å². The Hall–Kier alpha value is -2.48. The first-order valence-electron chi connectivity index (χ1n) is 5.72. The molecule has 0 saturated carbocycles. The van der Waals surface area contributed by atoms with Gasteiger partial charge in [0.2, 0.25) is 11.0 Å². The van der Waals surface area contributed by atoms with Crippen molar-refractivity contribution in [1.82, 2.24) is 10.2 Å². The van der Waals surface area contributed by atoms with Crippen LogP contribution < -0.4 is 10.6 Å². The summed E-state index contributed by atoms with van der Waals surface area (Å²) in [6.07, 6.45) is 0. The van der Waals surface area contributed by atoms with E-state index in [-0.39, 0.29) is 11.5 Å². The van der Waals surface area contributed by atoms with Crippen molar-refractivity contribution in [3.63, 3.8) is 0 Å². The Morgan fingerprint density at radius 1 is 1.30 bits per heavy atom. The molecule has 104 valence electrons. The van der Waals surface area contributed by atoms with Crippen LogP contribution in [0.5, 0.6) is 0 Å². The van der Waals surface area contributed by atoms with E-state index >= 15 is 0 Å². The van der Waals surface area contributed by atoms with Gasteiger partial charge in [-0.2, -0.15) is 0 Å².